The van der Waals surface area contributed by atoms with Gasteiger partial charge in [-0.1, -0.05) is 36.8 Å². The number of rotatable bonds is 3. The Bertz CT molecular complexity index is 805. The number of amides is 1. The minimum atomic E-state index is -1.39. The van der Waals surface area contributed by atoms with Crippen molar-refractivity contribution in [3.63, 3.8) is 0 Å². The minimum Gasteiger partial charge on any atom is -0.469 e. The zero-order valence-electron chi connectivity index (χ0n) is 14.6. The average Bonchev–Trinajstić information content (AvgIpc) is 3.18. The quantitative estimate of drug-likeness (QED) is 0.919. The molecule has 1 spiro atoms. The highest BCUT2D eigenvalue weighted by atomic mass is 16.6. The van der Waals surface area contributed by atoms with Crippen LogP contribution in [0.1, 0.15) is 49.3 Å². The highest BCUT2D eigenvalue weighted by Gasteiger charge is 2.71. The normalized spacial score (nSPS) is 36.2. The lowest BCUT2D eigenvalue weighted by molar-refractivity contribution is -0.375. The fourth-order valence-corrected chi connectivity index (χ4v) is 5.28. The van der Waals surface area contributed by atoms with Crippen molar-refractivity contribution in [2.45, 2.75) is 56.6 Å². The molecule has 136 valence electrons. The summed E-state index contributed by atoms with van der Waals surface area (Å²) in [6.07, 6.45) is 4.80. The van der Waals surface area contributed by atoms with Crippen LogP contribution in [0.15, 0.2) is 53.1 Å². The first-order chi connectivity index (χ1) is 12.6. The van der Waals surface area contributed by atoms with Crippen molar-refractivity contribution in [3.8, 4) is 0 Å². The number of fused-ring (bicyclic) bond motifs is 2. The number of benzene rings is 1. The lowest BCUT2D eigenvalue weighted by atomic mass is 9.56. The maximum atomic E-state index is 13.7. The summed E-state index contributed by atoms with van der Waals surface area (Å²) in [5, 5.41) is 11.4. The summed E-state index contributed by atoms with van der Waals surface area (Å²) in [7, 11) is 0. The van der Waals surface area contributed by atoms with Crippen molar-refractivity contribution >= 4 is 5.91 Å². The van der Waals surface area contributed by atoms with Gasteiger partial charge in [0.2, 0.25) is 5.91 Å². The summed E-state index contributed by atoms with van der Waals surface area (Å²) in [4.78, 5) is 15.5. The van der Waals surface area contributed by atoms with Gasteiger partial charge in [0.1, 0.15) is 17.4 Å². The molecular weight excluding hydrogens is 330 g/mol. The molecule has 4 unspecified atom stereocenters. The summed E-state index contributed by atoms with van der Waals surface area (Å²) in [5.74, 6) is -0.740. The van der Waals surface area contributed by atoms with Gasteiger partial charge >= 0.3 is 0 Å². The van der Waals surface area contributed by atoms with Crippen molar-refractivity contribution in [2.24, 2.45) is 5.41 Å². The van der Waals surface area contributed by atoms with Crippen LogP contribution in [0.25, 0.3) is 0 Å². The Morgan fingerprint density at radius 3 is 2.69 bits per heavy atom. The summed E-state index contributed by atoms with van der Waals surface area (Å²) in [5.41, 5.74) is 0.120. The number of aliphatic hydroxyl groups is 1. The predicted molar refractivity (Wildman–Crippen MR) is 93.8 cm³/mol. The molecule has 3 aliphatic heterocycles. The number of furan rings is 1. The van der Waals surface area contributed by atoms with Crippen LogP contribution in [0.4, 0.5) is 0 Å². The van der Waals surface area contributed by atoms with Crippen molar-refractivity contribution in [3.05, 3.63) is 60.1 Å². The Balaban J connectivity index is 1.57. The molecule has 4 aliphatic rings. The molecule has 5 nitrogen and oxygen atoms in total. The lowest BCUT2D eigenvalue weighted by Crippen LogP contribution is -2.74. The van der Waals surface area contributed by atoms with E-state index in [1.165, 1.54) is 0 Å². The Morgan fingerprint density at radius 2 is 1.92 bits per heavy atom. The number of carbonyl (C=O) groups is 1. The van der Waals surface area contributed by atoms with Crippen molar-refractivity contribution in [2.75, 3.05) is 0 Å². The Hall–Kier alpha value is -2.11. The molecule has 1 aromatic carbocycles. The third kappa shape index (κ3) is 2.07. The van der Waals surface area contributed by atoms with E-state index in [-0.39, 0.29) is 11.8 Å². The lowest BCUT2D eigenvalue weighted by Gasteiger charge is -2.63. The molecule has 2 bridgehead atoms. The fourth-order valence-electron chi connectivity index (χ4n) is 5.28. The number of hydrogen-bond acceptors (Lipinski definition) is 4. The maximum absolute atomic E-state index is 13.7. The van der Waals surface area contributed by atoms with Gasteiger partial charge in [0.15, 0.2) is 5.79 Å². The molecule has 4 atom stereocenters. The number of piperidine rings is 1. The molecule has 1 aliphatic carbocycles. The van der Waals surface area contributed by atoms with Crippen LogP contribution in [-0.2, 0) is 16.1 Å². The second-order valence-corrected chi connectivity index (χ2v) is 7.76. The molecule has 5 heteroatoms. The first-order valence-corrected chi connectivity index (χ1v) is 9.43. The van der Waals surface area contributed by atoms with Crippen molar-refractivity contribution < 1.29 is 19.1 Å². The third-order valence-corrected chi connectivity index (χ3v) is 6.47. The topological polar surface area (TPSA) is 62.9 Å². The summed E-state index contributed by atoms with van der Waals surface area (Å²) < 4.78 is 11.8. The van der Waals surface area contributed by atoms with Crippen LogP contribution >= 0.6 is 0 Å². The Labute approximate surface area is 152 Å². The van der Waals surface area contributed by atoms with Crippen LogP contribution < -0.4 is 0 Å². The largest absolute Gasteiger partial charge is 0.469 e. The van der Waals surface area contributed by atoms with Gasteiger partial charge in [0, 0.05) is 25.3 Å². The standard InChI is InChI=1S/C21H23NO4/c23-19-20-10-4-5-11-21(20,24)26-18(13-16(20)17-9-6-12-25-17)22(19)14-15-7-2-1-3-8-15/h1-3,6-9,12,16,18,24H,4-5,10-11,13-14H2. The summed E-state index contributed by atoms with van der Waals surface area (Å²) in [6.45, 7) is 0.507. The summed E-state index contributed by atoms with van der Waals surface area (Å²) in [6, 6.07) is 13.7. The Kier molecular flexibility index (Phi) is 3.52. The van der Waals surface area contributed by atoms with Crippen LogP contribution in [0.2, 0.25) is 0 Å². The van der Waals surface area contributed by atoms with E-state index in [2.05, 4.69) is 0 Å². The number of hydrogen-bond donors (Lipinski definition) is 1. The molecule has 1 N–H and O–H groups in total. The SMILES string of the molecule is O=C1N(Cc2ccccc2)C2CC(c3ccco3)C13CCCCC3(O)O2. The van der Waals surface area contributed by atoms with Gasteiger partial charge < -0.3 is 19.2 Å². The van der Waals surface area contributed by atoms with Crippen LogP contribution in [0, 0.1) is 5.41 Å². The van der Waals surface area contributed by atoms with E-state index >= 15 is 0 Å². The number of carbonyl (C=O) groups excluding carboxylic acids is 1. The zero-order chi connectivity index (χ0) is 17.8. The molecule has 1 aromatic heterocycles. The molecule has 1 amide bonds. The zero-order valence-corrected chi connectivity index (χ0v) is 14.6. The molecule has 2 aromatic rings. The molecule has 26 heavy (non-hydrogen) atoms. The van der Waals surface area contributed by atoms with Crippen LogP contribution in [-0.4, -0.2) is 27.9 Å². The number of ether oxygens (including phenoxy) is 1. The highest BCUT2D eigenvalue weighted by Crippen LogP contribution is 2.63. The van der Waals surface area contributed by atoms with Gasteiger partial charge in [-0.3, -0.25) is 4.79 Å². The molecular formula is C21H23NO4. The van der Waals surface area contributed by atoms with Crippen molar-refractivity contribution in [1.82, 2.24) is 4.90 Å². The monoisotopic (exact) mass is 353 g/mol. The highest BCUT2D eigenvalue weighted by molar-refractivity contribution is 5.87. The molecule has 6 rings (SSSR count). The van der Waals surface area contributed by atoms with Gasteiger partial charge in [0.25, 0.3) is 0 Å². The molecule has 3 saturated heterocycles. The van der Waals surface area contributed by atoms with Gasteiger partial charge in [-0.15, -0.1) is 0 Å². The molecule has 4 fully saturated rings. The minimum absolute atomic E-state index is 0.00690. The molecule has 1 saturated carbocycles. The first-order valence-electron chi connectivity index (χ1n) is 9.43. The predicted octanol–water partition coefficient (Wildman–Crippen LogP) is 3.40. The average molecular weight is 353 g/mol. The van der Waals surface area contributed by atoms with E-state index in [1.807, 2.05) is 47.4 Å². The summed E-state index contributed by atoms with van der Waals surface area (Å²) >= 11 is 0. The van der Waals surface area contributed by atoms with Gasteiger partial charge in [-0.05, 0) is 30.5 Å². The van der Waals surface area contributed by atoms with E-state index in [0.29, 0.717) is 25.8 Å². The fraction of sp³-hybridized carbons (Fsp3) is 0.476. The van der Waals surface area contributed by atoms with Crippen LogP contribution in [0.3, 0.4) is 0 Å². The van der Waals surface area contributed by atoms with Gasteiger partial charge in [-0.25, -0.2) is 0 Å². The second-order valence-electron chi connectivity index (χ2n) is 7.76. The van der Waals surface area contributed by atoms with Gasteiger partial charge in [0.05, 0.1) is 6.26 Å². The van der Waals surface area contributed by atoms with E-state index in [1.54, 1.807) is 6.26 Å². The van der Waals surface area contributed by atoms with E-state index in [9.17, 15) is 9.90 Å². The number of nitrogens with zero attached hydrogens (tertiary/aromatic N) is 1. The van der Waals surface area contributed by atoms with E-state index in [0.717, 1.165) is 24.2 Å². The van der Waals surface area contributed by atoms with Crippen molar-refractivity contribution in [1.29, 1.82) is 0 Å². The first kappa shape index (κ1) is 16.1. The second kappa shape index (κ2) is 5.69. The van der Waals surface area contributed by atoms with Gasteiger partial charge in [-0.2, -0.15) is 0 Å². The third-order valence-electron chi connectivity index (χ3n) is 6.47. The smallest absolute Gasteiger partial charge is 0.237 e. The van der Waals surface area contributed by atoms with E-state index in [4.69, 9.17) is 9.15 Å². The van der Waals surface area contributed by atoms with Crippen LogP contribution in [0.5, 0.6) is 0 Å². The van der Waals surface area contributed by atoms with E-state index < -0.39 is 17.4 Å². The molecule has 0 radical (unpaired) electrons. The maximum Gasteiger partial charge on any atom is 0.237 e. The molecule has 4 heterocycles. The Morgan fingerprint density at radius 1 is 1.12 bits per heavy atom.